The fourth-order valence-corrected chi connectivity index (χ4v) is 2.51. The molecule has 0 radical (unpaired) electrons. The molecule has 1 aliphatic heterocycles. The molecule has 1 aliphatic rings. The summed E-state index contributed by atoms with van der Waals surface area (Å²) in [6.45, 7) is 3.47. The zero-order chi connectivity index (χ0) is 13.1. The van der Waals surface area contributed by atoms with Crippen LogP contribution in [0.15, 0.2) is 12.1 Å². The van der Waals surface area contributed by atoms with Crippen molar-refractivity contribution in [3.63, 3.8) is 0 Å². The van der Waals surface area contributed by atoms with Gasteiger partial charge in [-0.05, 0) is 68.5 Å². The molecule has 1 unspecified atom stereocenters. The molecule has 1 aromatic rings. The Bertz CT molecular complexity index is 453. The Morgan fingerprint density at radius 3 is 2.94 bits per heavy atom. The smallest absolute Gasteiger partial charge is 0.336 e. The molecule has 1 aromatic carbocycles. The molecular formula is C14H18FNO2. The average molecular weight is 251 g/mol. The van der Waals surface area contributed by atoms with Crippen LogP contribution in [-0.2, 0) is 6.42 Å². The fourth-order valence-electron chi connectivity index (χ4n) is 2.51. The summed E-state index contributed by atoms with van der Waals surface area (Å²) < 4.78 is 13.7. The maximum atomic E-state index is 13.7. The lowest BCUT2D eigenvalue weighted by atomic mass is 9.91. The molecule has 4 heteroatoms. The Kier molecular flexibility index (Phi) is 3.97. The van der Waals surface area contributed by atoms with E-state index >= 15 is 0 Å². The average Bonchev–Trinajstić information content (AvgIpc) is 2.34. The third-order valence-electron chi connectivity index (χ3n) is 3.56. The van der Waals surface area contributed by atoms with Crippen molar-refractivity contribution in [2.45, 2.75) is 26.2 Å². The highest BCUT2D eigenvalue weighted by Gasteiger charge is 2.17. The lowest BCUT2D eigenvalue weighted by Crippen LogP contribution is -2.30. The summed E-state index contributed by atoms with van der Waals surface area (Å²) >= 11 is 0. The highest BCUT2D eigenvalue weighted by atomic mass is 19.1. The molecule has 0 aromatic heterocycles. The summed E-state index contributed by atoms with van der Waals surface area (Å²) in [4.78, 5) is 11.0. The van der Waals surface area contributed by atoms with E-state index in [9.17, 15) is 9.18 Å². The monoisotopic (exact) mass is 251 g/mol. The van der Waals surface area contributed by atoms with Crippen LogP contribution in [-0.4, -0.2) is 24.2 Å². The first-order valence-corrected chi connectivity index (χ1v) is 6.31. The molecule has 0 saturated carbocycles. The summed E-state index contributed by atoms with van der Waals surface area (Å²) in [5.74, 6) is -1.01. The Hall–Kier alpha value is -1.42. The second-order valence-corrected chi connectivity index (χ2v) is 4.97. The highest BCUT2D eigenvalue weighted by Crippen LogP contribution is 2.21. The van der Waals surface area contributed by atoms with E-state index in [1.54, 1.807) is 6.07 Å². The van der Waals surface area contributed by atoms with Crippen molar-refractivity contribution >= 4 is 5.97 Å². The second kappa shape index (κ2) is 5.48. The quantitative estimate of drug-likeness (QED) is 0.867. The summed E-state index contributed by atoms with van der Waals surface area (Å²) in [6.07, 6.45) is 2.99. The van der Waals surface area contributed by atoms with Gasteiger partial charge in [-0.2, -0.15) is 0 Å². The van der Waals surface area contributed by atoms with Crippen LogP contribution in [0.1, 0.15) is 34.3 Å². The lowest BCUT2D eigenvalue weighted by molar-refractivity contribution is 0.0695. The largest absolute Gasteiger partial charge is 0.478 e. The van der Waals surface area contributed by atoms with Gasteiger partial charge in [0.05, 0.1) is 5.56 Å². The SMILES string of the molecule is Cc1c(F)cc(CC2CCCNC2)cc1C(=O)O. The first-order chi connectivity index (χ1) is 8.58. The molecule has 0 aliphatic carbocycles. The summed E-state index contributed by atoms with van der Waals surface area (Å²) in [5, 5.41) is 12.3. The van der Waals surface area contributed by atoms with Gasteiger partial charge < -0.3 is 10.4 Å². The van der Waals surface area contributed by atoms with Gasteiger partial charge in [-0.15, -0.1) is 0 Å². The molecule has 1 atom stereocenters. The van der Waals surface area contributed by atoms with Crippen molar-refractivity contribution in [1.29, 1.82) is 0 Å². The van der Waals surface area contributed by atoms with Gasteiger partial charge in [0.25, 0.3) is 0 Å². The van der Waals surface area contributed by atoms with Crippen molar-refractivity contribution in [2.75, 3.05) is 13.1 Å². The predicted molar refractivity (Wildman–Crippen MR) is 67.4 cm³/mol. The van der Waals surface area contributed by atoms with Gasteiger partial charge in [0.2, 0.25) is 0 Å². The zero-order valence-corrected chi connectivity index (χ0v) is 10.5. The highest BCUT2D eigenvalue weighted by molar-refractivity contribution is 5.89. The van der Waals surface area contributed by atoms with Gasteiger partial charge >= 0.3 is 5.97 Å². The minimum absolute atomic E-state index is 0.0776. The normalized spacial score (nSPS) is 19.8. The number of nitrogens with one attached hydrogen (secondary N) is 1. The van der Waals surface area contributed by atoms with Crippen molar-refractivity contribution < 1.29 is 14.3 Å². The van der Waals surface area contributed by atoms with Crippen LogP contribution in [0.5, 0.6) is 0 Å². The number of aromatic carboxylic acids is 1. The Morgan fingerprint density at radius 2 is 2.33 bits per heavy atom. The van der Waals surface area contributed by atoms with E-state index in [0.29, 0.717) is 5.92 Å². The second-order valence-electron chi connectivity index (χ2n) is 4.97. The Morgan fingerprint density at radius 1 is 1.56 bits per heavy atom. The molecule has 1 fully saturated rings. The molecule has 0 amide bonds. The first kappa shape index (κ1) is 13.0. The number of rotatable bonds is 3. The van der Waals surface area contributed by atoms with Gasteiger partial charge in [-0.3, -0.25) is 0 Å². The van der Waals surface area contributed by atoms with Crippen LogP contribution in [0.4, 0.5) is 4.39 Å². The molecule has 1 heterocycles. The van der Waals surface area contributed by atoms with Crippen molar-refractivity contribution in [3.05, 3.63) is 34.6 Å². The number of benzene rings is 1. The van der Waals surface area contributed by atoms with Crippen molar-refractivity contribution in [1.82, 2.24) is 5.32 Å². The molecule has 2 N–H and O–H groups in total. The van der Waals surface area contributed by atoms with Crippen LogP contribution in [0, 0.1) is 18.7 Å². The standard InChI is InChI=1S/C14H18FNO2/c1-9-12(14(17)18)6-11(7-13(9)15)5-10-3-2-4-16-8-10/h6-7,10,16H,2-5,8H2,1H3,(H,17,18). The van der Waals surface area contributed by atoms with Crippen molar-refractivity contribution in [3.8, 4) is 0 Å². The summed E-state index contributed by atoms with van der Waals surface area (Å²) in [5.41, 5.74) is 1.07. The number of halogens is 1. The van der Waals surface area contributed by atoms with Gasteiger partial charge in [-0.25, -0.2) is 9.18 Å². The maximum absolute atomic E-state index is 13.7. The zero-order valence-electron chi connectivity index (χ0n) is 10.5. The van der Waals surface area contributed by atoms with E-state index in [-0.39, 0.29) is 11.1 Å². The van der Waals surface area contributed by atoms with E-state index in [1.165, 1.54) is 13.0 Å². The van der Waals surface area contributed by atoms with Crippen LogP contribution < -0.4 is 5.32 Å². The minimum Gasteiger partial charge on any atom is -0.478 e. The Labute approximate surface area is 106 Å². The minimum atomic E-state index is -1.06. The van der Waals surface area contributed by atoms with Gasteiger partial charge in [0, 0.05) is 0 Å². The van der Waals surface area contributed by atoms with Crippen LogP contribution in [0.2, 0.25) is 0 Å². The molecule has 0 spiro atoms. The maximum Gasteiger partial charge on any atom is 0.336 e. The summed E-state index contributed by atoms with van der Waals surface area (Å²) in [7, 11) is 0. The molecule has 1 saturated heterocycles. The van der Waals surface area contributed by atoms with E-state index < -0.39 is 11.8 Å². The first-order valence-electron chi connectivity index (χ1n) is 6.31. The molecule has 18 heavy (non-hydrogen) atoms. The molecule has 2 rings (SSSR count). The molecular weight excluding hydrogens is 233 g/mol. The summed E-state index contributed by atoms with van der Waals surface area (Å²) in [6, 6.07) is 3.08. The topological polar surface area (TPSA) is 49.3 Å². The third kappa shape index (κ3) is 2.88. The lowest BCUT2D eigenvalue weighted by Gasteiger charge is -2.23. The van der Waals surface area contributed by atoms with E-state index in [0.717, 1.165) is 37.9 Å². The number of hydrogen-bond donors (Lipinski definition) is 2. The fraction of sp³-hybridized carbons (Fsp3) is 0.500. The van der Waals surface area contributed by atoms with Crippen LogP contribution >= 0.6 is 0 Å². The number of carboxylic acids is 1. The van der Waals surface area contributed by atoms with Crippen LogP contribution in [0.3, 0.4) is 0 Å². The number of hydrogen-bond acceptors (Lipinski definition) is 2. The van der Waals surface area contributed by atoms with Gasteiger partial charge in [-0.1, -0.05) is 0 Å². The number of piperidine rings is 1. The van der Waals surface area contributed by atoms with Crippen molar-refractivity contribution in [2.24, 2.45) is 5.92 Å². The van der Waals surface area contributed by atoms with Crippen LogP contribution in [0.25, 0.3) is 0 Å². The number of carbonyl (C=O) groups is 1. The number of carboxylic acid groups (broad SMARTS) is 1. The molecule has 3 nitrogen and oxygen atoms in total. The Balaban J connectivity index is 2.20. The van der Waals surface area contributed by atoms with Gasteiger partial charge in [0.1, 0.15) is 5.82 Å². The third-order valence-corrected chi connectivity index (χ3v) is 3.56. The predicted octanol–water partition coefficient (Wildman–Crippen LogP) is 2.37. The van der Waals surface area contributed by atoms with E-state index in [2.05, 4.69) is 5.32 Å². The van der Waals surface area contributed by atoms with E-state index in [1.807, 2.05) is 0 Å². The molecule has 0 bridgehead atoms. The van der Waals surface area contributed by atoms with E-state index in [4.69, 9.17) is 5.11 Å². The van der Waals surface area contributed by atoms with Gasteiger partial charge in [0.15, 0.2) is 0 Å². The molecule has 98 valence electrons.